The molecule has 0 unspecified atom stereocenters. The number of alkyl carbamates (subject to hydrolysis) is 1. The van der Waals surface area contributed by atoms with Crippen LogP contribution >= 0.6 is 0 Å². The first kappa shape index (κ1) is 15.4. The predicted molar refractivity (Wildman–Crippen MR) is 79.8 cm³/mol. The van der Waals surface area contributed by atoms with Gasteiger partial charge in [-0.1, -0.05) is 30.3 Å². The third kappa shape index (κ3) is 3.97. The molecule has 0 heterocycles. The highest BCUT2D eigenvalue weighted by Crippen LogP contribution is 2.41. The Morgan fingerprint density at radius 1 is 1.24 bits per heavy atom. The minimum absolute atomic E-state index is 0.0460. The average Bonchev–Trinajstić information content (AvgIpc) is 2.44. The van der Waals surface area contributed by atoms with Gasteiger partial charge in [0.2, 0.25) is 5.91 Å². The van der Waals surface area contributed by atoms with Crippen LogP contribution in [0.25, 0.3) is 0 Å². The first-order valence-electron chi connectivity index (χ1n) is 7.43. The molecule has 1 aromatic carbocycles. The fraction of sp³-hybridized carbons (Fsp3) is 0.500. The number of ether oxygens (including phenoxy) is 1. The molecular weight excluding hydrogens is 268 g/mol. The van der Waals surface area contributed by atoms with Crippen molar-refractivity contribution in [2.24, 2.45) is 0 Å². The SMILES string of the molecule is CCOC(=O)NCCC(=O)NC1(c2ccccc2)CCC1. The molecule has 21 heavy (non-hydrogen) atoms. The van der Waals surface area contributed by atoms with Gasteiger partial charge in [0, 0.05) is 13.0 Å². The molecule has 1 aromatic rings. The molecule has 0 spiro atoms. The van der Waals surface area contributed by atoms with Gasteiger partial charge < -0.3 is 15.4 Å². The fourth-order valence-electron chi connectivity index (χ4n) is 2.56. The highest BCUT2D eigenvalue weighted by Gasteiger charge is 2.39. The van der Waals surface area contributed by atoms with Crippen molar-refractivity contribution in [1.82, 2.24) is 10.6 Å². The molecule has 1 aliphatic carbocycles. The van der Waals surface area contributed by atoms with Crippen LogP contribution in [0.5, 0.6) is 0 Å². The topological polar surface area (TPSA) is 67.4 Å². The molecule has 0 aliphatic heterocycles. The molecule has 2 N–H and O–H groups in total. The van der Waals surface area contributed by atoms with Gasteiger partial charge in [0.15, 0.2) is 0 Å². The van der Waals surface area contributed by atoms with Gasteiger partial charge >= 0.3 is 6.09 Å². The molecule has 0 bridgehead atoms. The number of benzene rings is 1. The number of hydrogen-bond acceptors (Lipinski definition) is 3. The third-order valence-corrected chi connectivity index (χ3v) is 3.81. The second-order valence-corrected chi connectivity index (χ2v) is 5.25. The summed E-state index contributed by atoms with van der Waals surface area (Å²) >= 11 is 0. The van der Waals surface area contributed by atoms with E-state index in [9.17, 15) is 9.59 Å². The van der Waals surface area contributed by atoms with E-state index in [4.69, 9.17) is 4.74 Å². The molecule has 5 heteroatoms. The second kappa shape index (κ2) is 7.11. The minimum atomic E-state index is -0.480. The Hall–Kier alpha value is -2.04. The van der Waals surface area contributed by atoms with Crippen molar-refractivity contribution < 1.29 is 14.3 Å². The second-order valence-electron chi connectivity index (χ2n) is 5.25. The van der Waals surface area contributed by atoms with E-state index in [1.54, 1.807) is 6.92 Å². The van der Waals surface area contributed by atoms with Gasteiger partial charge in [0.25, 0.3) is 0 Å². The molecule has 1 saturated carbocycles. The summed E-state index contributed by atoms with van der Waals surface area (Å²) in [6.45, 7) is 2.36. The van der Waals surface area contributed by atoms with E-state index in [1.807, 2.05) is 18.2 Å². The van der Waals surface area contributed by atoms with Gasteiger partial charge in [-0.3, -0.25) is 4.79 Å². The Morgan fingerprint density at radius 2 is 1.95 bits per heavy atom. The zero-order valence-corrected chi connectivity index (χ0v) is 12.4. The van der Waals surface area contributed by atoms with Gasteiger partial charge in [0.05, 0.1) is 12.1 Å². The number of hydrogen-bond donors (Lipinski definition) is 2. The summed E-state index contributed by atoms with van der Waals surface area (Å²) in [6.07, 6.45) is 2.83. The van der Waals surface area contributed by atoms with Crippen molar-refractivity contribution in [3.05, 3.63) is 35.9 Å². The Morgan fingerprint density at radius 3 is 2.52 bits per heavy atom. The Balaban J connectivity index is 1.82. The maximum absolute atomic E-state index is 12.1. The fourth-order valence-corrected chi connectivity index (χ4v) is 2.56. The molecular formula is C16H22N2O3. The lowest BCUT2D eigenvalue weighted by atomic mass is 9.71. The summed E-state index contributed by atoms with van der Waals surface area (Å²) in [5.74, 6) is -0.0460. The first-order valence-corrected chi connectivity index (χ1v) is 7.43. The van der Waals surface area contributed by atoms with E-state index < -0.39 is 6.09 Å². The van der Waals surface area contributed by atoms with E-state index in [1.165, 1.54) is 0 Å². The highest BCUT2D eigenvalue weighted by atomic mass is 16.5. The van der Waals surface area contributed by atoms with E-state index in [-0.39, 0.29) is 24.4 Å². The van der Waals surface area contributed by atoms with Crippen molar-refractivity contribution in [3.8, 4) is 0 Å². The van der Waals surface area contributed by atoms with Crippen LogP contribution in [0.15, 0.2) is 30.3 Å². The van der Waals surface area contributed by atoms with Crippen molar-refractivity contribution in [2.75, 3.05) is 13.2 Å². The smallest absolute Gasteiger partial charge is 0.407 e. The van der Waals surface area contributed by atoms with Gasteiger partial charge in [-0.15, -0.1) is 0 Å². The maximum Gasteiger partial charge on any atom is 0.407 e. The van der Waals surface area contributed by atoms with E-state index >= 15 is 0 Å². The molecule has 114 valence electrons. The Labute approximate surface area is 125 Å². The molecule has 0 atom stereocenters. The number of carbonyl (C=O) groups is 2. The average molecular weight is 290 g/mol. The summed E-state index contributed by atoms with van der Waals surface area (Å²) < 4.78 is 4.74. The predicted octanol–water partition coefficient (Wildman–Crippen LogP) is 2.32. The van der Waals surface area contributed by atoms with Crippen molar-refractivity contribution in [3.63, 3.8) is 0 Å². The number of rotatable bonds is 6. The molecule has 0 aromatic heterocycles. The Kier molecular flexibility index (Phi) is 5.20. The van der Waals surface area contributed by atoms with Crippen molar-refractivity contribution in [2.45, 2.75) is 38.1 Å². The lowest BCUT2D eigenvalue weighted by Gasteiger charge is -2.43. The van der Waals surface area contributed by atoms with Crippen molar-refractivity contribution in [1.29, 1.82) is 0 Å². The first-order chi connectivity index (χ1) is 10.2. The lowest BCUT2D eigenvalue weighted by molar-refractivity contribution is -0.124. The third-order valence-electron chi connectivity index (χ3n) is 3.81. The summed E-state index contributed by atoms with van der Waals surface area (Å²) in [4.78, 5) is 23.2. The highest BCUT2D eigenvalue weighted by molar-refractivity contribution is 5.78. The van der Waals surface area contributed by atoms with Crippen LogP contribution in [0.3, 0.4) is 0 Å². The van der Waals surface area contributed by atoms with E-state index in [0.29, 0.717) is 6.61 Å². The molecule has 0 saturated heterocycles. The summed E-state index contributed by atoms with van der Waals surface area (Å²) in [7, 11) is 0. The molecule has 1 aliphatic rings. The molecule has 5 nitrogen and oxygen atoms in total. The minimum Gasteiger partial charge on any atom is -0.450 e. The number of nitrogens with one attached hydrogen (secondary N) is 2. The molecule has 1 fully saturated rings. The monoisotopic (exact) mass is 290 g/mol. The van der Waals surface area contributed by atoms with Gasteiger partial charge in [-0.25, -0.2) is 4.79 Å². The van der Waals surface area contributed by atoms with Crippen LogP contribution in [0.2, 0.25) is 0 Å². The van der Waals surface area contributed by atoms with Crippen LogP contribution in [-0.2, 0) is 15.1 Å². The van der Waals surface area contributed by atoms with Crippen LogP contribution in [0.4, 0.5) is 4.79 Å². The lowest BCUT2D eigenvalue weighted by Crippen LogP contribution is -2.51. The van der Waals surface area contributed by atoms with Gasteiger partial charge in [-0.2, -0.15) is 0 Å². The van der Waals surface area contributed by atoms with Crippen LogP contribution in [0, 0.1) is 0 Å². The molecule has 0 radical (unpaired) electrons. The largest absolute Gasteiger partial charge is 0.450 e. The molecule has 2 amide bonds. The summed E-state index contributed by atoms with van der Waals surface area (Å²) in [5, 5.41) is 5.67. The van der Waals surface area contributed by atoms with Gasteiger partial charge in [0.1, 0.15) is 0 Å². The van der Waals surface area contributed by atoms with Crippen LogP contribution in [0.1, 0.15) is 38.2 Å². The number of carbonyl (C=O) groups excluding carboxylic acids is 2. The van der Waals surface area contributed by atoms with Crippen LogP contribution < -0.4 is 10.6 Å². The maximum atomic E-state index is 12.1. The zero-order chi connectivity index (χ0) is 15.1. The van der Waals surface area contributed by atoms with Gasteiger partial charge in [-0.05, 0) is 31.7 Å². The van der Waals surface area contributed by atoms with Crippen LogP contribution in [-0.4, -0.2) is 25.2 Å². The molecule has 2 rings (SSSR count). The van der Waals surface area contributed by atoms with Crippen molar-refractivity contribution >= 4 is 12.0 Å². The summed E-state index contributed by atoms with van der Waals surface area (Å²) in [6, 6.07) is 10.1. The quantitative estimate of drug-likeness (QED) is 0.845. The summed E-state index contributed by atoms with van der Waals surface area (Å²) in [5.41, 5.74) is 0.936. The van der Waals surface area contributed by atoms with E-state index in [0.717, 1.165) is 24.8 Å². The normalized spacial score (nSPS) is 15.7. The number of amides is 2. The van der Waals surface area contributed by atoms with E-state index in [2.05, 4.69) is 22.8 Å². The standard InChI is InChI=1S/C16H22N2O3/c1-2-21-15(20)17-12-9-14(19)18-16(10-6-11-16)13-7-4-3-5-8-13/h3-5,7-8H,2,6,9-12H2,1H3,(H,17,20)(H,18,19). The Bertz CT molecular complexity index is 484. The zero-order valence-electron chi connectivity index (χ0n) is 12.4.